The van der Waals surface area contributed by atoms with Gasteiger partial charge in [-0.05, 0) is 54.7 Å². The number of carboxylic acid groups (broad SMARTS) is 1. The van der Waals surface area contributed by atoms with Gasteiger partial charge in [0.25, 0.3) is 0 Å². The lowest BCUT2D eigenvalue weighted by Crippen LogP contribution is -2.13. The fraction of sp³-hybridized carbons (Fsp3) is 0.273. The van der Waals surface area contributed by atoms with Crippen molar-refractivity contribution in [1.29, 1.82) is 0 Å². The van der Waals surface area contributed by atoms with Gasteiger partial charge in [0.1, 0.15) is 0 Å². The summed E-state index contributed by atoms with van der Waals surface area (Å²) in [6.45, 7) is 3.89. The van der Waals surface area contributed by atoms with E-state index in [2.05, 4.69) is 24.4 Å². The van der Waals surface area contributed by atoms with Gasteiger partial charge in [0, 0.05) is 11.1 Å². The molecule has 0 saturated heterocycles. The number of carbonyl (C=O) groups is 2. The van der Waals surface area contributed by atoms with E-state index < -0.39 is 11.9 Å². The Morgan fingerprint density at radius 1 is 1.15 bits per heavy atom. The third-order valence-corrected chi connectivity index (χ3v) is 4.47. The van der Waals surface area contributed by atoms with Crippen LogP contribution in [0.1, 0.15) is 53.2 Å². The smallest absolute Gasteiger partial charge is 0.337 e. The van der Waals surface area contributed by atoms with Crippen molar-refractivity contribution in [3.63, 3.8) is 0 Å². The van der Waals surface area contributed by atoms with Gasteiger partial charge in [0.15, 0.2) is 0 Å². The van der Waals surface area contributed by atoms with Crippen molar-refractivity contribution in [2.45, 2.75) is 39.5 Å². The summed E-state index contributed by atoms with van der Waals surface area (Å²) < 4.78 is 0. The second-order valence-corrected chi connectivity index (χ2v) is 6.91. The van der Waals surface area contributed by atoms with Crippen molar-refractivity contribution in [2.24, 2.45) is 0 Å². The van der Waals surface area contributed by atoms with Crippen LogP contribution in [0.25, 0.3) is 6.08 Å². The Hall–Kier alpha value is -2.59. The molecule has 0 aliphatic rings. The minimum atomic E-state index is -1.14. The summed E-state index contributed by atoms with van der Waals surface area (Å²) in [7, 11) is 0. The molecule has 2 N–H and O–H groups in total. The molecule has 142 valence electrons. The maximum absolute atomic E-state index is 12.2. The lowest BCUT2D eigenvalue weighted by Gasteiger charge is -2.11. The van der Waals surface area contributed by atoms with Gasteiger partial charge in [0.05, 0.1) is 11.3 Å². The molecule has 27 heavy (non-hydrogen) atoms. The number of carbonyl (C=O) groups excluding carboxylic acids is 1. The zero-order valence-corrected chi connectivity index (χ0v) is 16.3. The Morgan fingerprint density at radius 3 is 2.48 bits per heavy atom. The van der Waals surface area contributed by atoms with Gasteiger partial charge >= 0.3 is 5.97 Å². The van der Waals surface area contributed by atoms with E-state index in [1.54, 1.807) is 19.1 Å². The fourth-order valence-corrected chi connectivity index (χ4v) is 3.06. The van der Waals surface area contributed by atoms with E-state index in [1.165, 1.54) is 37.0 Å². The van der Waals surface area contributed by atoms with Gasteiger partial charge in [-0.25, -0.2) is 4.79 Å². The number of halogens is 1. The Kier molecular flexibility index (Phi) is 7.62. The minimum absolute atomic E-state index is 0.0295. The predicted molar refractivity (Wildman–Crippen MR) is 110 cm³/mol. The van der Waals surface area contributed by atoms with Crippen LogP contribution in [-0.4, -0.2) is 17.0 Å². The first kappa shape index (κ1) is 20.7. The van der Waals surface area contributed by atoms with Crippen LogP contribution in [0.5, 0.6) is 0 Å². The minimum Gasteiger partial charge on any atom is -0.478 e. The molecule has 2 aromatic carbocycles. The second kappa shape index (κ2) is 9.93. The summed E-state index contributed by atoms with van der Waals surface area (Å²) >= 11 is 5.91. The number of nitrogens with one attached hydrogen (secondary N) is 1. The third kappa shape index (κ3) is 6.26. The summed E-state index contributed by atoms with van der Waals surface area (Å²) in [5, 5.41) is 12.3. The van der Waals surface area contributed by atoms with Crippen molar-refractivity contribution in [3.05, 3.63) is 69.8 Å². The van der Waals surface area contributed by atoms with Crippen molar-refractivity contribution < 1.29 is 14.7 Å². The van der Waals surface area contributed by atoms with Crippen molar-refractivity contribution in [1.82, 2.24) is 0 Å². The highest BCUT2D eigenvalue weighted by Gasteiger charge is 2.15. The molecule has 0 bridgehead atoms. The number of unbranched alkanes of at least 4 members (excludes halogenated alkanes) is 2. The van der Waals surface area contributed by atoms with Crippen molar-refractivity contribution in [3.8, 4) is 0 Å². The number of hydrogen-bond donors (Lipinski definition) is 2. The number of amides is 1. The molecule has 2 aromatic rings. The lowest BCUT2D eigenvalue weighted by molar-refractivity contribution is -0.111. The molecule has 0 unspecified atom stereocenters. The number of benzene rings is 2. The molecule has 5 heteroatoms. The largest absolute Gasteiger partial charge is 0.478 e. The van der Waals surface area contributed by atoms with Crippen LogP contribution in [0.4, 0.5) is 5.69 Å². The Morgan fingerprint density at radius 2 is 1.85 bits per heavy atom. The van der Waals surface area contributed by atoms with E-state index in [0.29, 0.717) is 10.6 Å². The van der Waals surface area contributed by atoms with Gasteiger partial charge in [-0.15, -0.1) is 0 Å². The standard InChI is InChI=1S/C22H24ClNO3/c1-3-4-5-6-16-7-9-17(10-8-16)11-12-20(25)24-21-15(2)13-18(23)14-19(21)22(26)27/h7-14H,3-6H2,1-2H3,(H,24,25)(H,26,27). The average molecular weight is 386 g/mol. The molecule has 2 rings (SSSR count). The average Bonchev–Trinajstić information content (AvgIpc) is 2.63. The maximum Gasteiger partial charge on any atom is 0.337 e. The molecule has 0 atom stereocenters. The number of rotatable bonds is 8. The van der Waals surface area contributed by atoms with Crippen LogP contribution in [0.3, 0.4) is 0 Å². The number of anilines is 1. The normalized spacial score (nSPS) is 10.9. The summed E-state index contributed by atoms with van der Waals surface area (Å²) in [5.74, 6) is -1.53. The molecule has 4 nitrogen and oxygen atoms in total. The Balaban J connectivity index is 2.04. The maximum atomic E-state index is 12.2. The third-order valence-electron chi connectivity index (χ3n) is 4.25. The van der Waals surface area contributed by atoms with E-state index in [0.717, 1.165) is 12.0 Å². The van der Waals surface area contributed by atoms with E-state index in [1.807, 2.05) is 12.1 Å². The molecular formula is C22H24ClNO3. The molecule has 0 aliphatic carbocycles. The summed E-state index contributed by atoms with van der Waals surface area (Å²) in [6.07, 6.45) is 7.77. The zero-order valence-electron chi connectivity index (χ0n) is 15.6. The van der Waals surface area contributed by atoms with E-state index >= 15 is 0 Å². The molecule has 0 spiro atoms. The first-order valence-electron chi connectivity index (χ1n) is 9.02. The van der Waals surface area contributed by atoms with Crippen LogP contribution >= 0.6 is 11.6 Å². The molecule has 0 saturated carbocycles. The number of carboxylic acids is 1. The molecule has 1 amide bonds. The highest BCUT2D eigenvalue weighted by molar-refractivity contribution is 6.31. The Labute approximate surface area is 164 Å². The van der Waals surface area contributed by atoms with E-state index in [9.17, 15) is 14.7 Å². The first-order valence-corrected chi connectivity index (χ1v) is 9.40. The molecule has 0 aliphatic heterocycles. The topological polar surface area (TPSA) is 66.4 Å². The van der Waals surface area contributed by atoms with E-state index in [4.69, 9.17) is 11.6 Å². The summed E-state index contributed by atoms with van der Waals surface area (Å²) in [5.41, 5.74) is 3.02. The zero-order chi connectivity index (χ0) is 19.8. The number of hydrogen-bond acceptors (Lipinski definition) is 2. The van der Waals surface area contributed by atoms with Gasteiger partial charge < -0.3 is 10.4 Å². The lowest BCUT2D eigenvalue weighted by atomic mass is 10.1. The van der Waals surface area contributed by atoms with Crippen LogP contribution in [0.15, 0.2) is 42.5 Å². The second-order valence-electron chi connectivity index (χ2n) is 6.47. The molecule has 0 heterocycles. The number of aryl methyl sites for hydroxylation is 2. The molecule has 0 fully saturated rings. The molecule has 0 aromatic heterocycles. The van der Waals surface area contributed by atoms with E-state index in [-0.39, 0.29) is 11.3 Å². The summed E-state index contributed by atoms with van der Waals surface area (Å²) in [4.78, 5) is 23.6. The fourth-order valence-electron chi connectivity index (χ4n) is 2.79. The van der Waals surface area contributed by atoms with Crippen molar-refractivity contribution >= 4 is 35.2 Å². The Bertz CT molecular complexity index is 841. The first-order chi connectivity index (χ1) is 12.9. The highest BCUT2D eigenvalue weighted by atomic mass is 35.5. The highest BCUT2D eigenvalue weighted by Crippen LogP contribution is 2.25. The van der Waals surface area contributed by atoms with Gasteiger partial charge in [-0.3, -0.25) is 4.79 Å². The predicted octanol–water partition coefficient (Wildman–Crippen LogP) is 5.73. The quantitative estimate of drug-likeness (QED) is 0.450. The van der Waals surface area contributed by atoms with Crippen LogP contribution in [0, 0.1) is 6.92 Å². The van der Waals surface area contributed by atoms with Gasteiger partial charge in [-0.1, -0.05) is 55.6 Å². The van der Waals surface area contributed by atoms with Gasteiger partial charge in [-0.2, -0.15) is 0 Å². The van der Waals surface area contributed by atoms with Crippen LogP contribution in [-0.2, 0) is 11.2 Å². The van der Waals surface area contributed by atoms with Gasteiger partial charge in [0.2, 0.25) is 5.91 Å². The van der Waals surface area contributed by atoms with Crippen LogP contribution in [0.2, 0.25) is 5.02 Å². The summed E-state index contributed by atoms with van der Waals surface area (Å²) in [6, 6.07) is 11.0. The SMILES string of the molecule is CCCCCc1ccc(C=CC(=O)Nc2c(C)cc(Cl)cc2C(=O)O)cc1. The molecular weight excluding hydrogens is 362 g/mol. The number of aromatic carboxylic acids is 1. The monoisotopic (exact) mass is 385 g/mol. The van der Waals surface area contributed by atoms with Crippen LogP contribution < -0.4 is 5.32 Å². The van der Waals surface area contributed by atoms with Crippen molar-refractivity contribution in [2.75, 3.05) is 5.32 Å². The molecule has 0 radical (unpaired) electrons.